The highest BCUT2D eigenvalue weighted by atomic mass is 32.5. The second-order valence-electron chi connectivity index (χ2n) is 9.57. The number of alkyl halides is 3. The number of rotatable bonds is 7. The molecule has 3 saturated carbocycles. The fourth-order valence-electron chi connectivity index (χ4n) is 4.64. The fraction of sp³-hybridized carbons (Fsp3) is 0.350. The van der Waals surface area contributed by atoms with Crippen LogP contribution in [0.4, 0.5) is 38.3 Å². The highest BCUT2D eigenvalue weighted by Gasteiger charge is 2.79. The number of carbonyl (C=O) groups excluding carboxylic acids is 1. The van der Waals surface area contributed by atoms with Crippen LogP contribution in [-0.4, -0.2) is 40.7 Å². The van der Waals surface area contributed by atoms with Gasteiger partial charge < -0.3 is 5.32 Å². The van der Waals surface area contributed by atoms with Gasteiger partial charge in [0.05, 0.1) is 26.5 Å². The first-order valence-electron chi connectivity index (χ1n) is 10.4. The van der Waals surface area contributed by atoms with Gasteiger partial charge in [0.1, 0.15) is 4.90 Å². The molecule has 0 aliphatic heterocycles. The molecule has 0 unspecified atom stereocenters. The Morgan fingerprint density at radius 1 is 0.868 bits per heavy atom. The number of amides is 1. The molecule has 3 aliphatic carbocycles. The summed E-state index contributed by atoms with van der Waals surface area (Å²) in [7, 11) is -19.0. The molecule has 0 atom stereocenters. The molecular formula is C20H18F8N2O5S3. The number of halogens is 8. The van der Waals surface area contributed by atoms with Gasteiger partial charge in [0.25, 0.3) is 15.9 Å². The maximum atomic E-state index is 13.4. The molecule has 2 bridgehead atoms. The molecule has 7 nitrogen and oxygen atoms in total. The standard InChI is InChI=1S/C20H18F8N2O5S3/c1-36(32,33)12-2-4-13(5-3-12)37(34,35)30-16-8-14(38(24,25,26,27)28)6-7-15(16)17(31)29-19-9-18(10-19,11-19)20(21,22)23/h2-8,30H,9-11H2,1H3,(H,29,31). The van der Waals surface area contributed by atoms with Gasteiger partial charge in [-0.2, -0.15) is 13.2 Å². The van der Waals surface area contributed by atoms with Crippen LogP contribution in [0.25, 0.3) is 0 Å². The first-order chi connectivity index (χ1) is 16.8. The number of sulfonamides is 1. The Labute approximate surface area is 211 Å². The van der Waals surface area contributed by atoms with E-state index < -0.39 is 93.4 Å². The average Bonchev–Trinajstić information content (AvgIpc) is 2.65. The molecule has 2 aromatic rings. The Bertz CT molecular complexity index is 1550. The van der Waals surface area contributed by atoms with Crippen molar-refractivity contribution >= 4 is 41.7 Å². The lowest BCUT2D eigenvalue weighted by Crippen LogP contribution is -2.78. The minimum Gasteiger partial charge on any atom is -0.346 e. The molecule has 0 spiro atoms. The Morgan fingerprint density at radius 3 is 1.82 bits per heavy atom. The zero-order chi connectivity index (χ0) is 28.9. The molecule has 0 radical (unpaired) electrons. The number of sulfone groups is 1. The summed E-state index contributed by atoms with van der Waals surface area (Å²) in [6, 6.07) is 3.20. The molecule has 0 heterocycles. The van der Waals surface area contributed by atoms with E-state index in [0.29, 0.717) is 0 Å². The van der Waals surface area contributed by atoms with Gasteiger partial charge in [-0.05, 0) is 61.7 Å². The largest absolute Gasteiger partial charge is 0.394 e. The fourth-order valence-corrected chi connectivity index (χ4v) is 7.01. The molecular weight excluding hydrogens is 596 g/mol. The number of carbonyl (C=O) groups is 1. The summed E-state index contributed by atoms with van der Waals surface area (Å²) in [5, 5.41) is 2.24. The molecule has 0 saturated heterocycles. The van der Waals surface area contributed by atoms with Crippen LogP contribution >= 0.6 is 10.2 Å². The summed E-state index contributed by atoms with van der Waals surface area (Å²) in [6.07, 6.45) is -5.19. The Hall–Kier alpha value is -2.60. The van der Waals surface area contributed by atoms with Crippen LogP contribution in [0.2, 0.25) is 0 Å². The summed E-state index contributed by atoms with van der Waals surface area (Å²) < 4.78 is 157. The van der Waals surface area contributed by atoms with E-state index in [1.165, 1.54) is 0 Å². The normalized spacial score (nSPS) is 25.3. The lowest BCUT2D eigenvalue weighted by Gasteiger charge is -2.70. The van der Waals surface area contributed by atoms with Crippen molar-refractivity contribution in [3.05, 3.63) is 48.0 Å². The lowest BCUT2D eigenvalue weighted by atomic mass is 9.39. The third-order valence-electron chi connectivity index (χ3n) is 6.50. The first kappa shape index (κ1) is 28.4. The van der Waals surface area contributed by atoms with Crippen LogP contribution in [0.15, 0.2) is 57.2 Å². The number of benzene rings is 2. The molecule has 2 aromatic carbocycles. The van der Waals surface area contributed by atoms with Gasteiger partial charge in [-0.3, -0.25) is 9.52 Å². The second kappa shape index (κ2) is 7.32. The maximum absolute atomic E-state index is 13.4. The van der Waals surface area contributed by atoms with Crippen LogP contribution < -0.4 is 10.0 Å². The number of hydrogen-bond acceptors (Lipinski definition) is 5. The van der Waals surface area contributed by atoms with Crippen molar-refractivity contribution in [2.24, 2.45) is 5.41 Å². The molecule has 0 aromatic heterocycles. The summed E-state index contributed by atoms with van der Waals surface area (Å²) in [4.78, 5) is 9.30. The molecule has 2 N–H and O–H groups in total. The van der Waals surface area contributed by atoms with E-state index in [-0.39, 0.29) is 23.1 Å². The smallest absolute Gasteiger partial charge is 0.346 e. The van der Waals surface area contributed by atoms with Crippen molar-refractivity contribution in [3.63, 3.8) is 0 Å². The molecule has 1 amide bonds. The van der Waals surface area contributed by atoms with E-state index in [4.69, 9.17) is 0 Å². The van der Waals surface area contributed by atoms with Gasteiger partial charge in [0, 0.05) is 11.8 Å². The van der Waals surface area contributed by atoms with Crippen LogP contribution in [-0.2, 0) is 19.9 Å². The molecule has 5 rings (SSSR count). The summed E-state index contributed by atoms with van der Waals surface area (Å²) in [5.41, 5.74) is -5.37. The molecule has 3 fully saturated rings. The number of hydrogen-bond donors (Lipinski definition) is 2. The van der Waals surface area contributed by atoms with E-state index in [0.717, 1.165) is 30.5 Å². The van der Waals surface area contributed by atoms with Gasteiger partial charge in [-0.1, -0.05) is 19.4 Å². The van der Waals surface area contributed by atoms with Gasteiger partial charge in [0.15, 0.2) is 9.84 Å². The van der Waals surface area contributed by atoms with Crippen LogP contribution in [0.5, 0.6) is 0 Å². The third kappa shape index (κ3) is 5.04. The van der Waals surface area contributed by atoms with E-state index in [1.807, 2.05) is 0 Å². The topological polar surface area (TPSA) is 109 Å². The Morgan fingerprint density at radius 2 is 1.37 bits per heavy atom. The van der Waals surface area contributed by atoms with Crippen molar-refractivity contribution in [2.75, 3.05) is 11.0 Å². The van der Waals surface area contributed by atoms with Gasteiger partial charge in [-0.25, -0.2) is 16.8 Å². The van der Waals surface area contributed by atoms with Gasteiger partial charge in [0.2, 0.25) is 0 Å². The minimum atomic E-state index is -10.4. The molecule has 38 heavy (non-hydrogen) atoms. The summed E-state index contributed by atoms with van der Waals surface area (Å²) in [6.45, 7) is 0. The zero-order valence-electron chi connectivity index (χ0n) is 19.0. The SMILES string of the molecule is CS(=O)(=O)c1ccc(S(=O)(=O)Nc2cc(S(F)(F)(F)(F)F)ccc2C(=O)NC23CC(C(F)(F)F)(C2)C3)cc1. The van der Waals surface area contributed by atoms with Crippen LogP contribution in [0.3, 0.4) is 0 Å². The van der Waals surface area contributed by atoms with Crippen molar-refractivity contribution < 1.29 is 54.2 Å². The lowest BCUT2D eigenvalue weighted by molar-refractivity contribution is -0.336. The number of nitrogens with one attached hydrogen (secondary N) is 2. The first-order valence-corrected chi connectivity index (χ1v) is 15.7. The van der Waals surface area contributed by atoms with E-state index >= 15 is 0 Å². The van der Waals surface area contributed by atoms with Crippen molar-refractivity contribution in [2.45, 2.75) is 45.7 Å². The predicted molar refractivity (Wildman–Crippen MR) is 121 cm³/mol. The van der Waals surface area contributed by atoms with E-state index in [1.54, 1.807) is 4.72 Å². The Balaban J connectivity index is 1.69. The monoisotopic (exact) mass is 614 g/mol. The Kier molecular flexibility index (Phi) is 5.47. The van der Waals surface area contributed by atoms with Crippen LogP contribution in [0.1, 0.15) is 29.6 Å². The van der Waals surface area contributed by atoms with Gasteiger partial charge in [-0.15, -0.1) is 0 Å². The quantitative estimate of drug-likeness (QED) is 0.386. The molecule has 18 heteroatoms. The summed E-state index contributed by atoms with van der Waals surface area (Å²) >= 11 is 0. The summed E-state index contributed by atoms with van der Waals surface area (Å²) in [5.74, 6) is -1.28. The number of anilines is 1. The van der Waals surface area contributed by atoms with Crippen molar-refractivity contribution in [1.82, 2.24) is 5.32 Å². The average molecular weight is 615 g/mol. The zero-order valence-corrected chi connectivity index (χ0v) is 21.4. The molecule has 3 aliphatic rings. The van der Waals surface area contributed by atoms with E-state index in [9.17, 15) is 54.2 Å². The van der Waals surface area contributed by atoms with Gasteiger partial charge >= 0.3 is 16.4 Å². The highest BCUT2D eigenvalue weighted by molar-refractivity contribution is 8.45. The van der Waals surface area contributed by atoms with E-state index in [2.05, 4.69) is 5.32 Å². The third-order valence-corrected chi connectivity index (χ3v) is 10.2. The van der Waals surface area contributed by atoms with Crippen molar-refractivity contribution in [3.8, 4) is 0 Å². The highest BCUT2D eigenvalue weighted by Crippen LogP contribution is 3.02. The minimum absolute atomic E-state index is 0.131. The maximum Gasteiger partial charge on any atom is 0.394 e. The van der Waals surface area contributed by atoms with Crippen molar-refractivity contribution in [1.29, 1.82) is 0 Å². The molecule has 212 valence electrons. The second-order valence-corrected chi connectivity index (χ2v) is 15.7. The van der Waals surface area contributed by atoms with Crippen LogP contribution in [0, 0.1) is 5.41 Å². The predicted octanol–water partition coefficient (Wildman–Crippen LogP) is 5.76.